The zero-order valence-electron chi connectivity index (χ0n) is 46.0. The molecule has 6 nitrogen and oxygen atoms in total. The van der Waals surface area contributed by atoms with Crippen LogP contribution >= 0.6 is 0 Å². The van der Waals surface area contributed by atoms with Gasteiger partial charge in [-0.3, -0.25) is 14.4 Å². The average molecular weight is 948 g/mol. The molecule has 0 aromatic heterocycles. The van der Waals surface area contributed by atoms with Crippen molar-refractivity contribution in [3.05, 3.63) is 0 Å². The lowest BCUT2D eigenvalue weighted by Crippen LogP contribution is -2.30. The molecule has 0 N–H and O–H groups in total. The highest BCUT2D eigenvalue weighted by molar-refractivity contribution is 5.71. The Morgan fingerprint density at radius 3 is 0.851 bits per heavy atom. The minimum absolute atomic E-state index is 0.0625. The fourth-order valence-electron chi connectivity index (χ4n) is 9.37. The molecule has 398 valence electrons. The zero-order chi connectivity index (χ0) is 48.9. The van der Waals surface area contributed by atoms with Crippen molar-refractivity contribution in [1.82, 2.24) is 0 Å². The van der Waals surface area contributed by atoms with Crippen LogP contribution in [0.3, 0.4) is 0 Å². The number of rotatable bonds is 55. The molecule has 0 rings (SSSR count). The average Bonchev–Trinajstić information content (AvgIpc) is 3.31. The summed E-state index contributed by atoms with van der Waals surface area (Å²) in [6.45, 7) is 11.5. The van der Waals surface area contributed by atoms with Crippen molar-refractivity contribution in [3.8, 4) is 0 Å². The maximum absolute atomic E-state index is 12.9. The summed E-state index contributed by atoms with van der Waals surface area (Å²) in [5.41, 5.74) is 0. The zero-order valence-corrected chi connectivity index (χ0v) is 46.0. The van der Waals surface area contributed by atoms with Crippen LogP contribution in [0.1, 0.15) is 343 Å². The van der Waals surface area contributed by atoms with Crippen molar-refractivity contribution < 1.29 is 28.6 Å². The first-order valence-electron chi connectivity index (χ1n) is 30.3. The molecule has 0 amide bonds. The first kappa shape index (κ1) is 65.4. The predicted molar refractivity (Wildman–Crippen MR) is 289 cm³/mol. The van der Waals surface area contributed by atoms with Gasteiger partial charge in [0.2, 0.25) is 0 Å². The van der Waals surface area contributed by atoms with Gasteiger partial charge in [-0.05, 0) is 31.1 Å². The Morgan fingerprint density at radius 1 is 0.313 bits per heavy atom. The molecule has 0 radical (unpaired) electrons. The summed E-state index contributed by atoms with van der Waals surface area (Å²) in [7, 11) is 0. The molecular weight excluding hydrogens is 829 g/mol. The Morgan fingerprint density at radius 2 is 0.567 bits per heavy atom. The smallest absolute Gasteiger partial charge is 0.306 e. The van der Waals surface area contributed by atoms with Crippen LogP contribution in [0.2, 0.25) is 0 Å². The van der Waals surface area contributed by atoms with E-state index in [1.54, 1.807) is 0 Å². The minimum atomic E-state index is -0.763. The van der Waals surface area contributed by atoms with Gasteiger partial charge < -0.3 is 14.2 Å². The lowest BCUT2D eigenvalue weighted by molar-refractivity contribution is -0.167. The van der Waals surface area contributed by atoms with Crippen molar-refractivity contribution in [2.75, 3.05) is 13.2 Å². The summed E-state index contributed by atoms with van der Waals surface area (Å²) in [6.07, 6.45) is 58.0. The fourth-order valence-corrected chi connectivity index (χ4v) is 9.37. The number of hydrogen-bond donors (Lipinski definition) is 0. The van der Waals surface area contributed by atoms with Gasteiger partial charge in [-0.2, -0.15) is 0 Å². The highest BCUT2D eigenvalue weighted by atomic mass is 16.6. The second-order valence-corrected chi connectivity index (χ2v) is 21.7. The molecule has 0 aromatic carbocycles. The molecule has 0 spiro atoms. The van der Waals surface area contributed by atoms with Gasteiger partial charge in [0, 0.05) is 19.3 Å². The molecular formula is C61H118O6. The second kappa shape index (κ2) is 53.8. The Bertz CT molecular complexity index is 1030. The van der Waals surface area contributed by atoms with Crippen molar-refractivity contribution in [3.63, 3.8) is 0 Å². The maximum atomic E-state index is 12.9. The summed E-state index contributed by atoms with van der Waals surface area (Å²) in [5.74, 6) is 0.878. The molecule has 0 saturated carbocycles. The maximum Gasteiger partial charge on any atom is 0.306 e. The van der Waals surface area contributed by atoms with E-state index in [9.17, 15) is 14.4 Å². The lowest BCUT2D eigenvalue weighted by Gasteiger charge is -2.18. The lowest BCUT2D eigenvalue weighted by atomic mass is 9.99. The van der Waals surface area contributed by atoms with Gasteiger partial charge in [0.1, 0.15) is 13.2 Å². The number of unbranched alkanes of at least 4 members (excludes halogenated alkanes) is 39. The molecule has 0 fully saturated rings. The van der Waals surface area contributed by atoms with Gasteiger partial charge in [-0.25, -0.2) is 0 Å². The van der Waals surface area contributed by atoms with E-state index in [4.69, 9.17) is 14.2 Å². The van der Waals surface area contributed by atoms with Crippen molar-refractivity contribution in [1.29, 1.82) is 0 Å². The van der Waals surface area contributed by atoms with E-state index in [2.05, 4.69) is 34.6 Å². The molecule has 0 aromatic rings. The predicted octanol–water partition coefficient (Wildman–Crippen LogP) is 20.0. The molecule has 0 saturated heterocycles. The summed E-state index contributed by atoms with van der Waals surface area (Å²) in [4.78, 5) is 38.2. The molecule has 0 bridgehead atoms. The Balaban J connectivity index is 4.30. The largest absolute Gasteiger partial charge is 0.462 e. The van der Waals surface area contributed by atoms with Gasteiger partial charge in [-0.1, -0.05) is 304 Å². The second-order valence-electron chi connectivity index (χ2n) is 21.7. The molecule has 2 atom stereocenters. The van der Waals surface area contributed by atoms with E-state index in [0.29, 0.717) is 19.3 Å². The summed E-state index contributed by atoms with van der Waals surface area (Å²) < 4.78 is 16.9. The summed E-state index contributed by atoms with van der Waals surface area (Å²) >= 11 is 0. The Kier molecular flexibility index (Phi) is 52.5. The number of esters is 3. The van der Waals surface area contributed by atoms with Crippen LogP contribution in [0.4, 0.5) is 0 Å². The van der Waals surface area contributed by atoms with E-state index in [1.165, 1.54) is 231 Å². The van der Waals surface area contributed by atoms with Crippen molar-refractivity contribution in [2.45, 2.75) is 349 Å². The monoisotopic (exact) mass is 947 g/mol. The third kappa shape index (κ3) is 53.6. The first-order valence-corrected chi connectivity index (χ1v) is 30.3. The minimum Gasteiger partial charge on any atom is -0.462 e. The Hall–Kier alpha value is -1.59. The van der Waals surface area contributed by atoms with Crippen LogP contribution in [-0.2, 0) is 28.6 Å². The van der Waals surface area contributed by atoms with E-state index < -0.39 is 6.10 Å². The SMILES string of the molecule is CCCCCCCCCCCCCCCCCCCCC(=O)O[C@@H](COC(=O)CCCCCCCCCCCCCCCCC(C)C)COC(=O)CCCCCCCCCCCCC(C)CC. The third-order valence-electron chi connectivity index (χ3n) is 14.3. The molecule has 67 heavy (non-hydrogen) atoms. The topological polar surface area (TPSA) is 78.9 Å². The van der Waals surface area contributed by atoms with Gasteiger partial charge in [0.25, 0.3) is 0 Å². The molecule has 0 aliphatic heterocycles. The first-order chi connectivity index (χ1) is 32.8. The molecule has 6 heteroatoms. The molecule has 0 aliphatic carbocycles. The molecule has 0 aliphatic rings. The van der Waals surface area contributed by atoms with E-state index in [0.717, 1.165) is 69.6 Å². The summed E-state index contributed by atoms with van der Waals surface area (Å²) in [5, 5.41) is 0. The van der Waals surface area contributed by atoms with Crippen LogP contribution in [0.25, 0.3) is 0 Å². The van der Waals surface area contributed by atoms with Gasteiger partial charge in [-0.15, -0.1) is 0 Å². The van der Waals surface area contributed by atoms with Gasteiger partial charge >= 0.3 is 17.9 Å². The van der Waals surface area contributed by atoms with Crippen LogP contribution in [0.5, 0.6) is 0 Å². The number of hydrogen-bond acceptors (Lipinski definition) is 6. The van der Waals surface area contributed by atoms with Crippen molar-refractivity contribution >= 4 is 17.9 Å². The fraction of sp³-hybridized carbons (Fsp3) is 0.951. The number of ether oxygens (including phenoxy) is 3. The van der Waals surface area contributed by atoms with Gasteiger partial charge in [0.15, 0.2) is 6.10 Å². The van der Waals surface area contributed by atoms with E-state index in [1.807, 2.05) is 0 Å². The standard InChI is InChI=1S/C61H118O6/c1-6-8-9-10-11-12-13-14-15-16-17-18-23-26-33-38-43-48-53-61(64)67-58(55-66-60(63)52-47-42-37-32-28-27-30-35-40-45-50-57(5)7-2)54-65-59(62)51-46-41-36-31-25-22-20-19-21-24-29-34-39-44-49-56(3)4/h56-58H,6-55H2,1-5H3/t57?,58-/m0/s1. The highest BCUT2D eigenvalue weighted by Crippen LogP contribution is 2.19. The normalized spacial score (nSPS) is 12.4. The highest BCUT2D eigenvalue weighted by Gasteiger charge is 2.19. The molecule has 1 unspecified atom stereocenters. The van der Waals surface area contributed by atoms with E-state index in [-0.39, 0.29) is 31.1 Å². The van der Waals surface area contributed by atoms with E-state index >= 15 is 0 Å². The number of carbonyl (C=O) groups is 3. The molecule has 0 heterocycles. The van der Waals surface area contributed by atoms with Crippen LogP contribution in [0.15, 0.2) is 0 Å². The van der Waals surface area contributed by atoms with Crippen LogP contribution < -0.4 is 0 Å². The summed E-state index contributed by atoms with van der Waals surface area (Å²) in [6, 6.07) is 0. The van der Waals surface area contributed by atoms with Gasteiger partial charge in [0.05, 0.1) is 0 Å². The third-order valence-corrected chi connectivity index (χ3v) is 14.3. The van der Waals surface area contributed by atoms with Crippen molar-refractivity contribution in [2.24, 2.45) is 11.8 Å². The quantitative estimate of drug-likeness (QED) is 0.0343. The van der Waals surface area contributed by atoms with Crippen LogP contribution in [0, 0.1) is 11.8 Å². The number of carbonyl (C=O) groups excluding carboxylic acids is 3. The van der Waals surface area contributed by atoms with Crippen LogP contribution in [-0.4, -0.2) is 37.2 Å². The Labute approximate surface area is 418 Å².